The van der Waals surface area contributed by atoms with Gasteiger partial charge in [-0.15, -0.1) is 0 Å². The molecule has 7 heteroatoms. The number of carbonyl (C=O) groups is 1. The van der Waals surface area contributed by atoms with Crippen molar-refractivity contribution >= 4 is 45.9 Å². The molecule has 0 fully saturated rings. The molecule has 118 valence electrons. The first-order valence-corrected chi connectivity index (χ1v) is 7.63. The second-order valence-electron chi connectivity index (χ2n) is 5.02. The van der Waals surface area contributed by atoms with Crippen LogP contribution in [0.5, 0.6) is 0 Å². The molecule has 0 aliphatic rings. The van der Waals surface area contributed by atoms with Crippen LogP contribution < -0.4 is 11.1 Å². The van der Waals surface area contributed by atoms with E-state index in [2.05, 4.69) is 10.3 Å². The summed E-state index contributed by atoms with van der Waals surface area (Å²) in [4.78, 5) is 25.7. The average Bonchev–Trinajstić information content (AvgIpc) is 2.88. The van der Waals surface area contributed by atoms with E-state index in [0.29, 0.717) is 33.3 Å². The largest absolute Gasteiger partial charge is 0.417 e. The summed E-state index contributed by atoms with van der Waals surface area (Å²) in [5, 5.41) is 3.66. The number of oxazole rings is 1. The molecule has 0 aliphatic heterocycles. The zero-order valence-electron chi connectivity index (χ0n) is 11.9. The highest BCUT2D eigenvalue weighted by Crippen LogP contribution is 2.25. The Kier molecular flexibility index (Phi) is 4.41. The standard InChI is InChI=1S/C16H12Cl2N2O3/c17-10-3-4-11(18)12(8-10)19-15(21)6-2-9-1-5-14-13(7-9)20-16(22)23-14/h1,3-5,7-8H,2,6H2,(H,19,21)(H,20,22). The summed E-state index contributed by atoms with van der Waals surface area (Å²) in [6, 6.07) is 10.2. The molecule has 1 aromatic heterocycles. The molecule has 2 N–H and O–H groups in total. The number of hydrogen-bond acceptors (Lipinski definition) is 3. The maximum Gasteiger partial charge on any atom is 0.417 e. The summed E-state index contributed by atoms with van der Waals surface area (Å²) < 4.78 is 4.93. The van der Waals surface area contributed by atoms with Crippen LogP contribution in [0.2, 0.25) is 10.0 Å². The summed E-state index contributed by atoms with van der Waals surface area (Å²) in [6.07, 6.45) is 0.795. The molecule has 0 radical (unpaired) electrons. The molecule has 0 aliphatic carbocycles. The fourth-order valence-electron chi connectivity index (χ4n) is 2.22. The van der Waals surface area contributed by atoms with Gasteiger partial charge in [0.2, 0.25) is 5.91 Å². The third-order valence-corrected chi connectivity index (χ3v) is 3.89. The highest BCUT2D eigenvalue weighted by Gasteiger charge is 2.08. The summed E-state index contributed by atoms with van der Waals surface area (Å²) in [7, 11) is 0. The van der Waals surface area contributed by atoms with E-state index >= 15 is 0 Å². The van der Waals surface area contributed by atoms with Crippen LogP contribution >= 0.6 is 23.2 Å². The number of amides is 1. The molecule has 23 heavy (non-hydrogen) atoms. The first-order valence-electron chi connectivity index (χ1n) is 6.88. The minimum atomic E-state index is -0.495. The molecule has 2 aromatic carbocycles. The Morgan fingerprint density at radius 2 is 2.00 bits per heavy atom. The van der Waals surface area contributed by atoms with E-state index < -0.39 is 5.76 Å². The molecule has 0 saturated carbocycles. The Morgan fingerprint density at radius 1 is 1.17 bits per heavy atom. The molecule has 0 saturated heterocycles. The van der Waals surface area contributed by atoms with Gasteiger partial charge in [0.05, 0.1) is 16.2 Å². The summed E-state index contributed by atoms with van der Waals surface area (Å²) in [6.45, 7) is 0. The first-order chi connectivity index (χ1) is 11.0. The predicted octanol–water partition coefficient (Wildman–Crippen LogP) is 4.00. The molecule has 3 aromatic rings. The van der Waals surface area contributed by atoms with E-state index in [1.165, 1.54) is 0 Å². The van der Waals surface area contributed by atoms with Crippen LogP contribution in [0, 0.1) is 0 Å². The molecule has 0 atom stereocenters. The second kappa shape index (κ2) is 6.48. The van der Waals surface area contributed by atoms with Gasteiger partial charge in [-0.05, 0) is 42.3 Å². The number of halogens is 2. The highest BCUT2D eigenvalue weighted by atomic mass is 35.5. The van der Waals surface area contributed by atoms with Gasteiger partial charge in [-0.1, -0.05) is 29.3 Å². The number of aryl methyl sites for hydroxylation is 1. The van der Waals surface area contributed by atoms with Gasteiger partial charge >= 0.3 is 5.76 Å². The van der Waals surface area contributed by atoms with Crippen LogP contribution in [-0.4, -0.2) is 10.9 Å². The lowest BCUT2D eigenvalue weighted by atomic mass is 10.1. The molecule has 1 heterocycles. The van der Waals surface area contributed by atoms with Gasteiger partial charge in [-0.2, -0.15) is 0 Å². The highest BCUT2D eigenvalue weighted by molar-refractivity contribution is 6.35. The topological polar surface area (TPSA) is 75.1 Å². The number of anilines is 1. The van der Waals surface area contributed by atoms with Crippen molar-refractivity contribution in [2.45, 2.75) is 12.8 Å². The van der Waals surface area contributed by atoms with Crippen LogP contribution in [0.4, 0.5) is 5.69 Å². The van der Waals surface area contributed by atoms with Crippen molar-refractivity contribution < 1.29 is 9.21 Å². The zero-order chi connectivity index (χ0) is 16.4. The monoisotopic (exact) mass is 350 g/mol. The molecule has 0 bridgehead atoms. The van der Waals surface area contributed by atoms with Crippen molar-refractivity contribution in [3.05, 3.63) is 62.6 Å². The van der Waals surface area contributed by atoms with E-state index in [4.69, 9.17) is 27.6 Å². The lowest BCUT2D eigenvalue weighted by Gasteiger charge is -2.07. The number of benzene rings is 2. The van der Waals surface area contributed by atoms with Gasteiger partial charge in [-0.25, -0.2) is 4.79 Å². The predicted molar refractivity (Wildman–Crippen MR) is 90.2 cm³/mol. The summed E-state index contributed by atoms with van der Waals surface area (Å²) >= 11 is 11.9. The number of rotatable bonds is 4. The van der Waals surface area contributed by atoms with Gasteiger partial charge in [0.15, 0.2) is 5.58 Å². The van der Waals surface area contributed by atoms with Crippen LogP contribution in [0.25, 0.3) is 11.1 Å². The number of carbonyl (C=O) groups excluding carboxylic acids is 1. The number of aromatic amines is 1. The van der Waals surface area contributed by atoms with Gasteiger partial charge in [-0.3, -0.25) is 9.78 Å². The number of aromatic nitrogens is 1. The number of nitrogens with one attached hydrogen (secondary N) is 2. The van der Waals surface area contributed by atoms with Crippen molar-refractivity contribution in [1.82, 2.24) is 4.98 Å². The fourth-order valence-corrected chi connectivity index (χ4v) is 2.56. The number of H-pyrrole nitrogens is 1. The maximum absolute atomic E-state index is 12.0. The number of hydrogen-bond donors (Lipinski definition) is 2. The molecule has 1 amide bonds. The molecule has 5 nitrogen and oxygen atoms in total. The molecular weight excluding hydrogens is 339 g/mol. The van der Waals surface area contributed by atoms with Crippen LogP contribution in [0.3, 0.4) is 0 Å². The smallest absolute Gasteiger partial charge is 0.408 e. The minimum absolute atomic E-state index is 0.171. The van der Waals surface area contributed by atoms with Gasteiger partial charge in [0, 0.05) is 11.4 Å². The quantitative estimate of drug-likeness (QED) is 0.746. The Hall–Kier alpha value is -2.24. The molecular formula is C16H12Cl2N2O3. The van der Waals surface area contributed by atoms with Crippen molar-refractivity contribution in [3.8, 4) is 0 Å². The third kappa shape index (κ3) is 3.75. The SMILES string of the molecule is O=C(CCc1ccc2oc(=O)[nH]c2c1)Nc1cc(Cl)ccc1Cl. The molecule has 0 unspecified atom stereocenters. The summed E-state index contributed by atoms with van der Waals surface area (Å²) in [5.41, 5.74) is 2.51. The van der Waals surface area contributed by atoms with E-state index in [1.807, 2.05) is 6.07 Å². The fraction of sp³-hybridized carbons (Fsp3) is 0.125. The normalized spacial score (nSPS) is 10.9. The van der Waals surface area contributed by atoms with E-state index in [-0.39, 0.29) is 12.3 Å². The lowest BCUT2D eigenvalue weighted by molar-refractivity contribution is -0.116. The Labute approximate surface area is 141 Å². The van der Waals surface area contributed by atoms with Crippen molar-refractivity contribution in [3.63, 3.8) is 0 Å². The number of fused-ring (bicyclic) bond motifs is 1. The third-order valence-electron chi connectivity index (χ3n) is 3.33. The maximum atomic E-state index is 12.0. The van der Waals surface area contributed by atoms with Crippen LogP contribution in [0.1, 0.15) is 12.0 Å². The van der Waals surface area contributed by atoms with E-state index in [9.17, 15) is 9.59 Å². The zero-order valence-corrected chi connectivity index (χ0v) is 13.4. The van der Waals surface area contributed by atoms with Gasteiger partial charge in [0.25, 0.3) is 0 Å². The van der Waals surface area contributed by atoms with Crippen molar-refractivity contribution in [2.24, 2.45) is 0 Å². The lowest BCUT2D eigenvalue weighted by Crippen LogP contribution is -2.12. The van der Waals surface area contributed by atoms with Gasteiger partial charge in [0.1, 0.15) is 0 Å². The van der Waals surface area contributed by atoms with Crippen LogP contribution in [-0.2, 0) is 11.2 Å². The average molecular weight is 351 g/mol. The second-order valence-corrected chi connectivity index (χ2v) is 5.86. The Balaban J connectivity index is 1.65. The Bertz CT molecular complexity index is 930. The van der Waals surface area contributed by atoms with Gasteiger partial charge < -0.3 is 9.73 Å². The van der Waals surface area contributed by atoms with Crippen molar-refractivity contribution in [1.29, 1.82) is 0 Å². The Morgan fingerprint density at radius 3 is 2.83 bits per heavy atom. The van der Waals surface area contributed by atoms with E-state index in [0.717, 1.165) is 5.56 Å². The first kappa shape index (κ1) is 15.6. The molecule has 3 rings (SSSR count). The summed E-state index contributed by atoms with van der Waals surface area (Å²) in [5.74, 6) is -0.666. The molecule has 0 spiro atoms. The van der Waals surface area contributed by atoms with Crippen LogP contribution in [0.15, 0.2) is 45.6 Å². The van der Waals surface area contributed by atoms with E-state index in [1.54, 1.807) is 30.3 Å². The van der Waals surface area contributed by atoms with Crippen molar-refractivity contribution in [2.75, 3.05) is 5.32 Å². The minimum Gasteiger partial charge on any atom is -0.408 e.